The van der Waals surface area contributed by atoms with Crippen molar-refractivity contribution in [1.29, 1.82) is 0 Å². The van der Waals surface area contributed by atoms with Crippen LogP contribution in [0.4, 0.5) is 24.5 Å². The van der Waals surface area contributed by atoms with E-state index in [1.807, 2.05) is 0 Å². The van der Waals surface area contributed by atoms with Crippen molar-refractivity contribution in [2.24, 2.45) is 5.92 Å². The minimum Gasteiger partial charge on any atom is -0.399 e. The molecular weight excluding hydrogens is 217 g/mol. The van der Waals surface area contributed by atoms with E-state index in [-0.39, 0.29) is 13.0 Å². The summed E-state index contributed by atoms with van der Waals surface area (Å²) in [4.78, 5) is 1.75. The van der Waals surface area contributed by atoms with Gasteiger partial charge in [0.15, 0.2) is 0 Å². The van der Waals surface area contributed by atoms with Gasteiger partial charge in [0.25, 0.3) is 0 Å². The van der Waals surface area contributed by atoms with E-state index in [0.29, 0.717) is 12.2 Å². The van der Waals surface area contributed by atoms with Crippen LogP contribution in [0.5, 0.6) is 0 Å². The summed E-state index contributed by atoms with van der Waals surface area (Å²) in [5.74, 6) is -1.20. The molecule has 1 atom stereocenters. The predicted molar refractivity (Wildman–Crippen MR) is 57.2 cm³/mol. The Hall–Kier alpha value is -1.39. The molecule has 0 aliphatic carbocycles. The van der Waals surface area contributed by atoms with Crippen molar-refractivity contribution in [3.63, 3.8) is 0 Å². The van der Waals surface area contributed by atoms with Crippen molar-refractivity contribution in [3.8, 4) is 0 Å². The molecule has 1 heterocycles. The van der Waals surface area contributed by atoms with E-state index >= 15 is 0 Å². The summed E-state index contributed by atoms with van der Waals surface area (Å²) in [5, 5.41) is 0. The molecule has 16 heavy (non-hydrogen) atoms. The summed E-state index contributed by atoms with van der Waals surface area (Å²) < 4.78 is 37.4. The lowest BCUT2D eigenvalue weighted by Crippen LogP contribution is -2.27. The van der Waals surface area contributed by atoms with Crippen LogP contribution < -0.4 is 10.6 Å². The summed E-state index contributed by atoms with van der Waals surface area (Å²) in [6.07, 6.45) is -3.91. The molecule has 2 nitrogen and oxygen atoms in total. The molecule has 0 spiro atoms. The predicted octanol–water partition coefficient (Wildman–Crippen LogP) is 2.66. The van der Waals surface area contributed by atoms with Crippen LogP contribution in [-0.4, -0.2) is 19.3 Å². The van der Waals surface area contributed by atoms with Crippen LogP contribution in [0.3, 0.4) is 0 Å². The molecule has 0 saturated carbocycles. The molecule has 0 radical (unpaired) electrons. The van der Waals surface area contributed by atoms with E-state index in [1.54, 1.807) is 29.2 Å². The maximum atomic E-state index is 12.5. The Kier molecular flexibility index (Phi) is 2.69. The summed E-state index contributed by atoms with van der Waals surface area (Å²) in [7, 11) is 0. The molecule has 1 aromatic carbocycles. The molecule has 88 valence electrons. The van der Waals surface area contributed by atoms with Gasteiger partial charge in [-0.3, -0.25) is 0 Å². The number of nitrogens with zero attached hydrogens (tertiary/aromatic N) is 1. The van der Waals surface area contributed by atoms with Crippen LogP contribution in [0.15, 0.2) is 24.3 Å². The number of halogens is 3. The SMILES string of the molecule is Nc1ccc(N2CCC(C(F)(F)F)C2)cc1. The second-order valence-electron chi connectivity index (χ2n) is 4.06. The van der Waals surface area contributed by atoms with Crippen molar-refractivity contribution in [1.82, 2.24) is 0 Å². The number of hydrogen-bond donors (Lipinski definition) is 1. The average molecular weight is 230 g/mol. The maximum Gasteiger partial charge on any atom is 0.393 e. The van der Waals surface area contributed by atoms with E-state index < -0.39 is 12.1 Å². The van der Waals surface area contributed by atoms with Gasteiger partial charge >= 0.3 is 6.18 Å². The number of anilines is 2. The second kappa shape index (κ2) is 3.88. The molecule has 0 amide bonds. The lowest BCUT2D eigenvalue weighted by atomic mass is 10.1. The van der Waals surface area contributed by atoms with Gasteiger partial charge in [-0.1, -0.05) is 0 Å². The first-order chi connectivity index (χ1) is 7.47. The molecule has 2 rings (SSSR count). The Labute approximate surface area is 91.8 Å². The zero-order valence-corrected chi connectivity index (χ0v) is 8.67. The lowest BCUT2D eigenvalue weighted by molar-refractivity contribution is -0.168. The van der Waals surface area contributed by atoms with E-state index in [0.717, 1.165) is 5.69 Å². The Morgan fingerprint density at radius 2 is 1.81 bits per heavy atom. The highest BCUT2D eigenvalue weighted by atomic mass is 19.4. The van der Waals surface area contributed by atoms with E-state index in [1.165, 1.54) is 0 Å². The number of hydrogen-bond acceptors (Lipinski definition) is 2. The molecule has 1 saturated heterocycles. The third kappa shape index (κ3) is 2.23. The van der Waals surface area contributed by atoms with Gasteiger partial charge in [-0.05, 0) is 30.7 Å². The van der Waals surface area contributed by atoms with Gasteiger partial charge in [-0.25, -0.2) is 0 Å². The van der Waals surface area contributed by atoms with Gasteiger partial charge in [0.2, 0.25) is 0 Å². The molecule has 0 bridgehead atoms. The van der Waals surface area contributed by atoms with E-state index in [2.05, 4.69) is 0 Å². The molecular formula is C11H13F3N2. The number of nitrogens with two attached hydrogens (primary N) is 1. The summed E-state index contributed by atoms with van der Waals surface area (Å²) >= 11 is 0. The van der Waals surface area contributed by atoms with Gasteiger partial charge in [-0.2, -0.15) is 13.2 Å². The minimum absolute atomic E-state index is 0.0490. The van der Waals surface area contributed by atoms with E-state index in [9.17, 15) is 13.2 Å². The van der Waals surface area contributed by atoms with Crippen LogP contribution in [0.2, 0.25) is 0 Å². The zero-order valence-electron chi connectivity index (χ0n) is 8.67. The number of nitrogen functional groups attached to an aromatic ring is 1. The summed E-state index contributed by atoms with van der Waals surface area (Å²) in [6.45, 7) is 0.502. The Bertz CT molecular complexity index is 358. The number of benzene rings is 1. The molecule has 5 heteroatoms. The molecule has 2 N–H and O–H groups in total. The zero-order chi connectivity index (χ0) is 11.8. The molecule has 1 aliphatic rings. The third-order valence-corrected chi connectivity index (χ3v) is 2.91. The monoisotopic (exact) mass is 230 g/mol. The summed E-state index contributed by atoms with van der Waals surface area (Å²) in [6, 6.07) is 6.93. The standard InChI is InChI=1S/C11H13F3N2/c12-11(13,14)8-5-6-16(7-8)10-3-1-9(15)2-4-10/h1-4,8H,5-7,15H2. The fraction of sp³-hybridized carbons (Fsp3) is 0.455. The molecule has 1 fully saturated rings. The summed E-state index contributed by atoms with van der Waals surface area (Å²) in [5.41, 5.74) is 6.95. The highest BCUT2D eigenvalue weighted by molar-refractivity contribution is 5.53. The van der Waals surface area contributed by atoms with Gasteiger partial charge in [0.05, 0.1) is 5.92 Å². The first-order valence-corrected chi connectivity index (χ1v) is 5.14. The molecule has 1 unspecified atom stereocenters. The fourth-order valence-electron chi connectivity index (χ4n) is 1.95. The molecule has 1 aliphatic heterocycles. The Balaban J connectivity index is 2.06. The van der Waals surface area contributed by atoms with Crippen molar-refractivity contribution in [2.75, 3.05) is 23.7 Å². The quantitative estimate of drug-likeness (QED) is 0.751. The average Bonchev–Trinajstić information content (AvgIpc) is 2.67. The number of alkyl halides is 3. The normalized spacial score (nSPS) is 21.4. The van der Waals surface area contributed by atoms with Crippen LogP contribution in [-0.2, 0) is 0 Å². The molecule has 1 aromatic rings. The van der Waals surface area contributed by atoms with Crippen LogP contribution in [0.25, 0.3) is 0 Å². The highest BCUT2D eigenvalue weighted by Crippen LogP contribution is 2.35. The van der Waals surface area contributed by atoms with Gasteiger partial charge in [0, 0.05) is 24.5 Å². The first kappa shape index (κ1) is 11.1. The van der Waals surface area contributed by atoms with Crippen molar-refractivity contribution >= 4 is 11.4 Å². The topological polar surface area (TPSA) is 29.3 Å². The highest BCUT2D eigenvalue weighted by Gasteiger charge is 2.43. The van der Waals surface area contributed by atoms with Crippen molar-refractivity contribution in [2.45, 2.75) is 12.6 Å². The third-order valence-electron chi connectivity index (χ3n) is 2.91. The van der Waals surface area contributed by atoms with Crippen LogP contribution in [0, 0.1) is 5.92 Å². The Morgan fingerprint density at radius 3 is 2.31 bits per heavy atom. The fourth-order valence-corrected chi connectivity index (χ4v) is 1.95. The van der Waals surface area contributed by atoms with Gasteiger partial charge in [0.1, 0.15) is 0 Å². The van der Waals surface area contributed by atoms with Gasteiger partial charge in [-0.15, -0.1) is 0 Å². The van der Waals surface area contributed by atoms with E-state index in [4.69, 9.17) is 5.73 Å². The first-order valence-electron chi connectivity index (χ1n) is 5.14. The van der Waals surface area contributed by atoms with Gasteiger partial charge < -0.3 is 10.6 Å². The number of rotatable bonds is 1. The smallest absolute Gasteiger partial charge is 0.393 e. The Morgan fingerprint density at radius 1 is 1.19 bits per heavy atom. The maximum absolute atomic E-state index is 12.5. The van der Waals surface area contributed by atoms with Crippen LogP contribution in [0.1, 0.15) is 6.42 Å². The molecule has 0 aromatic heterocycles. The van der Waals surface area contributed by atoms with Crippen molar-refractivity contribution in [3.05, 3.63) is 24.3 Å². The largest absolute Gasteiger partial charge is 0.399 e. The minimum atomic E-state index is -4.08. The lowest BCUT2D eigenvalue weighted by Gasteiger charge is -2.19. The van der Waals surface area contributed by atoms with Crippen LogP contribution >= 0.6 is 0 Å². The second-order valence-corrected chi connectivity index (χ2v) is 4.06. The van der Waals surface area contributed by atoms with Crippen molar-refractivity contribution < 1.29 is 13.2 Å².